The summed E-state index contributed by atoms with van der Waals surface area (Å²) in [6.45, 7) is 2.82. The van der Waals surface area contributed by atoms with Crippen molar-refractivity contribution >= 4 is 5.91 Å². The molecule has 0 aliphatic carbocycles. The van der Waals surface area contributed by atoms with Gasteiger partial charge in [-0.3, -0.25) is 9.59 Å². The van der Waals surface area contributed by atoms with Crippen LogP contribution in [0.5, 0.6) is 0 Å². The minimum Gasteiger partial charge on any atom is -0.337 e. The number of amides is 1. The standard InChI is InChI=1S/C24H24FN3O2/c1-2-19(17-6-4-3-5-7-17)24(30)28-13-12-21-20(15-28)23(29)27-22(26-21)14-16-8-10-18(25)11-9-16/h3-11,19H,2,12-15H2,1H3,(H,26,27,29)/t19-/m1/s1. The summed E-state index contributed by atoms with van der Waals surface area (Å²) in [6.07, 6.45) is 1.68. The fraction of sp³-hybridized carbons (Fsp3) is 0.292. The molecule has 4 rings (SSSR count). The van der Waals surface area contributed by atoms with Crippen molar-refractivity contribution in [2.75, 3.05) is 6.54 Å². The van der Waals surface area contributed by atoms with E-state index in [0.717, 1.165) is 16.8 Å². The molecule has 1 N–H and O–H groups in total. The van der Waals surface area contributed by atoms with E-state index in [2.05, 4.69) is 9.97 Å². The maximum Gasteiger partial charge on any atom is 0.256 e. The number of carbonyl (C=O) groups excluding carboxylic acids is 1. The normalized spacial score (nSPS) is 14.3. The number of H-pyrrole nitrogens is 1. The van der Waals surface area contributed by atoms with Gasteiger partial charge in [-0.05, 0) is 29.7 Å². The molecular weight excluding hydrogens is 381 g/mol. The number of hydrogen-bond donors (Lipinski definition) is 1. The highest BCUT2D eigenvalue weighted by Crippen LogP contribution is 2.25. The summed E-state index contributed by atoms with van der Waals surface area (Å²) in [5, 5.41) is 0. The molecule has 30 heavy (non-hydrogen) atoms. The summed E-state index contributed by atoms with van der Waals surface area (Å²) in [5.41, 5.74) is 2.97. The van der Waals surface area contributed by atoms with Crippen LogP contribution in [0.15, 0.2) is 59.4 Å². The van der Waals surface area contributed by atoms with Crippen LogP contribution in [0.2, 0.25) is 0 Å². The van der Waals surface area contributed by atoms with E-state index in [1.165, 1.54) is 12.1 Å². The molecule has 1 aliphatic heterocycles. The zero-order valence-corrected chi connectivity index (χ0v) is 16.9. The lowest BCUT2D eigenvalue weighted by Crippen LogP contribution is -2.42. The Morgan fingerprint density at radius 2 is 1.90 bits per heavy atom. The van der Waals surface area contributed by atoms with Crippen LogP contribution in [-0.4, -0.2) is 27.3 Å². The predicted octanol–water partition coefficient (Wildman–Crippen LogP) is 3.58. The first-order valence-electron chi connectivity index (χ1n) is 10.2. The summed E-state index contributed by atoms with van der Waals surface area (Å²) in [7, 11) is 0. The Bertz CT molecular complexity index is 1090. The molecular formula is C24H24FN3O2. The molecule has 5 nitrogen and oxygen atoms in total. The topological polar surface area (TPSA) is 66.1 Å². The van der Waals surface area contributed by atoms with Crippen LogP contribution < -0.4 is 5.56 Å². The molecule has 2 aromatic carbocycles. The first kappa shape index (κ1) is 20.0. The van der Waals surface area contributed by atoms with Crippen molar-refractivity contribution in [3.63, 3.8) is 0 Å². The molecule has 0 radical (unpaired) electrons. The second-order valence-electron chi connectivity index (χ2n) is 7.62. The molecule has 1 amide bonds. The second-order valence-corrected chi connectivity index (χ2v) is 7.62. The van der Waals surface area contributed by atoms with E-state index in [1.807, 2.05) is 37.3 Å². The highest BCUT2D eigenvalue weighted by Gasteiger charge is 2.29. The van der Waals surface area contributed by atoms with Crippen LogP contribution in [-0.2, 0) is 24.2 Å². The number of nitrogens with zero attached hydrogens (tertiary/aromatic N) is 2. The Labute approximate surface area is 174 Å². The van der Waals surface area contributed by atoms with Crippen molar-refractivity contribution in [1.82, 2.24) is 14.9 Å². The van der Waals surface area contributed by atoms with E-state index < -0.39 is 0 Å². The number of halogens is 1. The van der Waals surface area contributed by atoms with Gasteiger partial charge in [0, 0.05) is 19.4 Å². The molecule has 1 aliphatic rings. The molecule has 3 aromatic rings. The quantitative estimate of drug-likeness (QED) is 0.706. The lowest BCUT2D eigenvalue weighted by Gasteiger charge is -2.31. The summed E-state index contributed by atoms with van der Waals surface area (Å²) in [5.74, 6) is 0.0961. The van der Waals surface area contributed by atoms with Crippen molar-refractivity contribution < 1.29 is 9.18 Å². The Morgan fingerprint density at radius 3 is 2.60 bits per heavy atom. The van der Waals surface area contributed by atoms with Gasteiger partial charge >= 0.3 is 0 Å². The molecule has 0 unspecified atom stereocenters. The first-order chi connectivity index (χ1) is 14.5. The fourth-order valence-corrected chi connectivity index (χ4v) is 4.00. The van der Waals surface area contributed by atoms with Crippen LogP contribution in [0.3, 0.4) is 0 Å². The largest absolute Gasteiger partial charge is 0.337 e. The van der Waals surface area contributed by atoms with Crippen molar-refractivity contribution in [3.8, 4) is 0 Å². The monoisotopic (exact) mass is 405 g/mol. The Kier molecular flexibility index (Phi) is 5.74. The maximum atomic E-state index is 13.1. The lowest BCUT2D eigenvalue weighted by atomic mass is 9.94. The highest BCUT2D eigenvalue weighted by molar-refractivity contribution is 5.84. The molecule has 2 heterocycles. The molecule has 0 fully saturated rings. The van der Waals surface area contributed by atoms with E-state index in [1.54, 1.807) is 17.0 Å². The van der Waals surface area contributed by atoms with E-state index in [-0.39, 0.29) is 29.7 Å². The Balaban J connectivity index is 1.53. The first-order valence-corrected chi connectivity index (χ1v) is 10.2. The van der Waals surface area contributed by atoms with E-state index in [4.69, 9.17) is 0 Å². The van der Waals surface area contributed by atoms with Gasteiger partial charge in [-0.1, -0.05) is 49.4 Å². The number of aromatic nitrogens is 2. The Hall–Kier alpha value is -3.28. The van der Waals surface area contributed by atoms with Crippen molar-refractivity contribution in [3.05, 3.63) is 99.0 Å². The fourth-order valence-electron chi connectivity index (χ4n) is 4.00. The average molecular weight is 405 g/mol. The second kappa shape index (κ2) is 8.61. The number of fused-ring (bicyclic) bond motifs is 1. The molecule has 1 aromatic heterocycles. The molecule has 0 saturated heterocycles. The van der Waals surface area contributed by atoms with Gasteiger partial charge < -0.3 is 9.88 Å². The predicted molar refractivity (Wildman–Crippen MR) is 113 cm³/mol. The number of nitrogens with one attached hydrogen (secondary N) is 1. The van der Waals surface area contributed by atoms with Gasteiger partial charge in [0.15, 0.2) is 0 Å². The summed E-state index contributed by atoms with van der Waals surface area (Å²) >= 11 is 0. The van der Waals surface area contributed by atoms with Crippen LogP contribution >= 0.6 is 0 Å². The number of carbonyl (C=O) groups is 1. The van der Waals surface area contributed by atoms with Crippen LogP contribution in [0.4, 0.5) is 4.39 Å². The number of hydrogen-bond acceptors (Lipinski definition) is 3. The zero-order valence-electron chi connectivity index (χ0n) is 16.9. The van der Waals surface area contributed by atoms with E-state index >= 15 is 0 Å². The van der Waals surface area contributed by atoms with E-state index in [0.29, 0.717) is 37.2 Å². The molecule has 6 heteroatoms. The zero-order chi connectivity index (χ0) is 21.1. The van der Waals surface area contributed by atoms with Gasteiger partial charge in [-0.15, -0.1) is 0 Å². The average Bonchev–Trinajstić information content (AvgIpc) is 2.76. The maximum absolute atomic E-state index is 13.1. The van der Waals surface area contributed by atoms with Gasteiger partial charge in [-0.2, -0.15) is 0 Å². The molecule has 0 saturated carbocycles. The highest BCUT2D eigenvalue weighted by atomic mass is 19.1. The Morgan fingerprint density at radius 1 is 1.17 bits per heavy atom. The third kappa shape index (κ3) is 4.17. The third-order valence-electron chi connectivity index (χ3n) is 5.62. The van der Waals surface area contributed by atoms with Crippen molar-refractivity contribution in [2.45, 2.75) is 38.6 Å². The van der Waals surface area contributed by atoms with Crippen LogP contribution in [0.25, 0.3) is 0 Å². The molecule has 1 atom stereocenters. The summed E-state index contributed by atoms with van der Waals surface area (Å²) < 4.78 is 13.1. The SMILES string of the molecule is CC[C@@H](C(=O)N1CCc2nc(Cc3ccc(F)cc3)[nH]c(=O)c2C1)c1ccccc1. The van der Waals surface area contributed by atoms with Crippen molar-refractivity contribution in [2.24, 2.45) is 0 Å². The van der Waals surface area contributed by atoms with Gasteiger partial charge in [0.25, 0.3) is 5.56 Å². The smallest absolute Gasteiger partial charge is 0.256 e. The van der Waals surface area contributed by atoms with E-state index in [9.17, 15) is 14.0 Å². The molecule has 154 valence electrons. The van der Waals surface area contributed by atoms with Gasteiger partial charge in [0.05, 0.1) is 23.7 Å². The number of benzene rings is 2. The summed E-state index contributed by atoms with van der Waals surface area (Å²) in [4.78, 5) is 35.1. The number of aromatic amines is 1. The van der Waals surface area contributed by atoms with Gasteiger partial charge in [-0.25, -0.2) is 9.37 Å². The van der Waals surface area contributed by atoms with Crippen LogP contribution in [0, 0.1) is 5.82 Å². The molecule has 0 spiro atoms. The van der Waals surface area contributed by atoms with Gasteiger partial charge in [0.1, 0.15) is 11.6 Å². The summed E-state index contributed by atoms with van der Waals surface area (Å²) in [6, 6.07) is 15.9. The third-order valence-corrected chi connectivity index (χ3v) is 5.62. The lowest BCUT2D eigenvalue weighted by molar-refractivity contribution is -0.133. The number of rotatable bonds is 5. The minimum atomic E-state index is -0.295. The van der Waals surface area contributed by atoms with Gasteiger partial charge in [0.2, 0.25) is 5.91 Å². The minimum absolute atomic E-state index is 0.0455. The molecule has 0 bridgehead atoms. The van der Waals surface area contributed by atoms with Crippen LogP contribution in [0.1, 0.15) is 47.5 Å². The van der Waals surface area contributed by atoms with Crippen molar-refractivity contribution in [1.29, 1.82) is 0 Å².